The van der Waals surface area contributed by atoms with Gasteiger partial charge >= 0.3 is 0 Å². The van der Waals surface area contributed by atoms with Crippen molar-refractivity contribution in [3.8, 4) is 0 Å². The summed E-state index contributed by atoms with van der Waals surface area (Å²) in [5.74, 6) is -0.798. The minimum absolute atomic E-state index is 0. The highest BCUT2D eigenvalue weighted by atomic mass is 35.5. The van der Waals surface area contributed by atoms with E-state index in [1.165, 1.54) is 0 Å². The largest absolute Gasteiger partial charge is 0.324 e. The second-order valence-corrected chi connectivity index (χ2v) is 8.53. The van der Waals surface area contributed by atoms with Crippen molar-refractivity contribution in [2.45, 2.75) is 32.2 Å². The summed E-state index contributed by atoms with van der Waals surface area (Å²) in [5.41, 5.74) is 5.37. The van der Waals surface area contributed by atoms with E-state index in [4.69, 9.17) is 5.73 Å². The van der Waals surface area contributed by atoms with Gasteiger partial charge in [0.2, 0.25) is 10.0 Å². The van der Waals surface area contributed by atoms with Crippen molar-refractivity contribution in [1.82, 2.24) is 4.72 Å². The van der Waals surface area contributed by atoms with E-state index in [9.17, 15) is 16.8 Å². The highest BCUT2D eigenvalue weighted by Crippen LogP contribution is 2.09. The Balaban J connectivity index is 0. The molecule has 112 valence electrons. The Morgan fingerprint density at radius 2 is 1.50 bits per heavy atom. The van der Waals surface area contributed by atoms with Crippen molar-refractivity contribution in [1.29, 1.82) is 0 Å². The molecule has 0 aromatic carbocycles. The zero-order valence-electron chi connectivity index (χ0n) is 11.0. The number of hydrogen-bond acceptors (Lipinski definition) is 5. The van der Waals surface area contributed by atoms with Crippen LogP contribution in [0.25, 0.3) is 0 Å². The first-order valence-electron chi connectivity index (χ1n) is 5.47. The number of hydrogen-bond donors (Lipinski definition) is 2. The number of nitrogens with two attached hydrogens (primary N) is 1. The minimum Gasteiger partial charge on any atom is -0.324 e. The van der Waals surface area contributed by atoms with Gasteiger partial charge in [-0.25, -0.2) is 21.6 Å². The molecule has 0 radical (unpaired) electrons. The van der Waals surface area contributed by atoms with Crippen LogP contribution in [0.5, 0.6) is 0 Å². The normalized spacial score (nSPS) is 13.1. The van der Waals surface area contributed by atoms with Gasteiger partial charge in [0, 0.05) is 18.3 Å². The first-order chi connectivity index (χ1) is 7.54. The molecule has 0 aromatic heterocycles. The molecule has 0 atom stereocenters. The van der Waals surface area contributed by atoms with Crippen LogP contribution in [0, 0.1) is 0 Å². The highest BCUT2D eigenvalue weighted by Gasteiger charge is 2.23. The monoisotopic (exact) mass is 322 g/mol. The summed E-state index contributed by atoms with van der Waals surface area (Å²) in [5, 5.41) is 0. The second-order valence-electron chi connectivity index (χ2n) is 4.34. The second kappa shape index (κ2) is 7.64. The van der Waals surface area contributed by atoms with Gasteiger partial charge in [-0.15, -0.1) is 12.4 Å². The van der Waals surface area contributed by atoms with Crippen LogP contribution in [0.15, 0.2) is 0 Å². The van der Waals surface area contributed by atoms with Gasteiger partial charge in [-0.1, -0.05) is 13.8 Å². The van der Waals surface area contributed by atoms with Gasteiger partial charge in [0.15, 0.2) is 0 Å². The fourth-order valence-corrected chi connectivity index (χ4v) is 3.83. The maximum atomic E-state index is 11.5. The molecule has 0 heterocycles. The molecule has 0 aromatic rings. The van der Waals surface area contributed by atoms with Gasteiger partial charge in [0.05, 0.1) is 11.5 Å². The molecule has 0 rings (SSSR count). The third-order valence-electron chi connectivity index (χ3n) is 2.78. The molecular formula is C9H23ClN2O4S2. The molecule has 0 aliphatic rings. The van der Waals surface area contributed by atoms with Crippen molar-refractivity contribution in [2.24, 2.45) is 5.73 Å². The number of nitrogens with one attached hydrogen (secondary N) is 1. The van der Waals surface area contributed by atoms with E-state index in [1.807, 2.05) is 13.8 Å². The summed E-state index contributed by atoms with van der Waals surface area (Å²) in [7, 11) is -6.85. The Hall–Kier alpha value is 0.110. The number of sulfone groups is 1. The zero-order valence-corrected chi connectivity index (χ0v) is 13.4. The van der Waals surface area contributed by atoms with Crippen LogP contribution < -0.4 is 10.5 Å². The van der Waals surface area contributed by atoms with Gasteiger partial charge in [-0.05, 0) is 12.8 Å². The lowest BCUT2D eigenvalue weighted by Crippen LogP contribution is -2.49. The van der Waals surface area contributed by atoms with E-state index in [0.29, 0.717) is 12.8 Å². The Kier molecular flexibility index (Phi) is 8.67. The fraction of sp³-hybridized carbons (Fsp3) is 1.00. The summed E-state index contributed by atoms with van der Waals surface area (Å²) in [6.07, 6.45) is 2.31. The fourth-order valence-electron chi connectivity index (χ4n) is 1.09. The summed E-state index contributed by atoms with van der Waals surface area (Å²) < 4.78 is 47.2. The Morgan fingerprint density at radius 1 is 1.06 bits per heavy atom. The quantitative estimate of drug-likeness (QED) is 0.648. The van der Waals surface area contributed by atoms with Crippen molar-refractivity contribution in [2.75, 3.05) is 24.3 Å². The van der Waals surface area contributed by atoms with Crippen molar-refractivity contribution >= 4 is 32.3 Å². The minimum atomic E-state index is -3.58. The molecule has 0 saturated carbocycles. The highest BCUT2D eigenvalue weighted by molar-refractivity contribution is 7.93. The third kappa shape index (κ3) is 9.09. The average Bonchev–Trinajstić information content (AvgIpc) is 2.23. The topological polar surface area (TPSA) is 106 Å². The lowest BCUT2D eigenvalue weighted by atomic mass is 9.95. The Labute approximate surface area is 116 Å². The predicted octanol–water partition coefficient (Wildman–Crippen LogP) is -0.110. The van der Waals surface area contributed by atoms with E-state index in [2.05, 4.69) is 4.72 Å². The van der Waals surface area contributed by atoms with E-state index in [1.54, 1.807) is 0 Å². The van der Waals surface area contributed by atoms with E-state index in [0.717, 1.165) is 6.26 Å². The summed E-state index contributed by atoms with van der Waals surface area (Å²) in [6.45, 7) is 3.90. The van der Waals surface area contributed by atoms with Crippen LogP contribution >= 0.6 is 12.4 Å². The van der Waals surface area contributed by atoms with Gasteiger partial charge in [0.25, 0.3) is 0 Å². The first kappa shape index (κ1) is 20.4. The molecule has 0 aliphatic carbocycles. The van der Waals surface area contributed by atoms with Crippen LogP contribution in [0.1, 0.15) is 26.7 Å². The molecule has 0 bridgehead atoms. The smallest absolute Gasteiger partial charge is 0.212 e. The zero-order chi connectivity index (χ0) is 13.7. The number of sulfonamides is 1. The van der Waals surface area contributed by atoms with E-state index in [-0.39, 0.29) is 24.7 Å². The number of rotatable bonds is 8. The third-order valence-corrected chi connectivity index (χ3v) is 5.31. The van der Waals surface area contributed by atoms with Crippen LogP contribution in [-0.2, 0) is 19.9 Å². The maximum absolute atomic E-state index is 11.5. The van der Waals surface area contributed by atoms with Gasteiger partial charge in [-0.3, -0.25) is 0 Å². The lowest BCUT2D eigenvalue weighted by Gasteiger charge is -2.26. The molecule has 0 saturated heterocycles. The standard InChI is InChI=1S/C9H22N2O4S2.ClH/c1-4-9(10,5-2)8-11-17(14,15)7-6-16(3,12)13;/h11H,4-8,10H2,1-3H3;1H. The SMILES string of the molecule is CCC(N)(CC)CNS(=O)(=O)CCS(C)(=O)=O.Cl. The Morgan fingerprint density at radius 3 is 1.83 bits per heavy atom. The van der Waals surface area contributed by atoms with Crippen molar-refractivity contribution < 1.29 is 16.8 Å². The number of halogens is 1. The molecule has 0 spiro atoms. The summed E-state index contributed by atoms with van der Waals surface area (Å²) in [6, 6.07) is 0. The van der Waals surface area contributed by atoms with Crippen molar-refractivity contribution in [3.05, 3.63) is 0 Å². The van der Waals surface area contributed by atoms with E-state index >= 15 is 0 Å². The maximum Gasteiger partial charge on any atom is 0.212 e. The lowest BCUT2D eigenvalue weighted by molar-refractivity contribution is 0.392. The molecule has 9 heteroatoms. The molecule has 6 nitrogen and oxygen atoms in total. The summed E-state index contributed by atoms with van der Waals surface area (Å²) in [4.78, 5) is 0. The molecule has 3 N–H and O–H groups in total. The molecule has 0 fully saturated rings. The molecule has 18 heavy (non-hydrogen) atoms. The van der Waals surface area contributed by atoms with E-state index < -0.39 is 31.2 Å². The summed E-state index contributed by atoms with van der Waals surface area (Å²) >= 11 is 0. The van der Waals surface area contributed by atoms with Gasteiger partial charge in [-0.2, -0.15) is 0 Å². The predicted molar refractivity (Wildman–Crippen MR) is 76.2 cm³/mol. The van der Waals surface area contributed by atoms with Crippen LogP contribution in [0.3, 0.4) is 0 Å². The van der Waals surface area contributed by atoms with Crippen LogP contribution in [0.4, 0.5) is 0 Å². The van der Waals surface area contributed by atoms with Crippen molar-refractivity contribution in [3.63, 3.8) is 0 Å². The first-order valence-corrected chi connectivity index (χ1v) is 9.19. The molecule has 0 unspecified atom stereocenters. The molecular weight excluding hydrogens is 300 g/mol. The average molecular weight is 323 g/mol. The van der Waals surface area contributed by atoms with Crippen LogP contribution in [0.2, 0.25) is 0 Å². The van der Waals surface area contributed by atoms with Crippen LogP contribution in [-0.4, -0.2) is 46.7 Å². The van der Waals surface area contributed by atoms with Gasteiger partial charge < -0.3 is 5.73 Å². The molecule has 0 aliphatic heterocycles. The van der Waals surface area contributed by atoms with Gasteiger partial charge in [0.1, 0.15) is 9.84 Å². The Bertz CT molecular complexity index is 429. The molecule has 0 amide bonds.